The van der Waals surface area contributed by atoms with E-state index in [9.17, 15) is 9.59 Å². The van der Waals surface area contributed by atoms with Gasteiger partial charge in [-0.1, -0.05) is 0 Å². The summed E-state index contributed by atoms with van der Waals surface area (Å²) in [5, 5.41) is 32.2. The number of ether oxygens (including phenoxy) is 1. The van der Waals surface area contributed by atoms with Crippen molar-refractivity contribution in [3.8, 4) is 0 Å². The zero-order chi connectivity index (χ0) is 21.6. The van der Waals surface area contributed by atoms with Crippen molar-refractivity contribution in [3.63, 3.8) is 0 Å². The molecule has 0 rings (SSSR count). The molecule has 0 atom stereocenters. The van der Waals surface area contributed by atoms with E-state index in [-0.39, 0.29) is 58.3 Å². The van der Waals surface area contributed by atoms with E-state index in [2.05, 4.69) is 4.74 Å². The molecule has 0 radical (unpaired) electrons. The van der Waals surface area contributed by atoms with E-state index in [4.69, 9.17) is 20.4 Å². The third kappa shape index (κ3) is 272. The fourth-order valence-electron chi connectivity index (χ4n) is 0.415. The maximum Gasteiger partial charge on any atom is 0.313 e. The molecular weight excluding hydrogens is 376 g/mol. The molecule has 0 aromatic heterocycles. The second kappa shape index (κ2) is 32.4. The van der Waals surface area contributed by atoms with Crippen molar-refractivity contribution in [1.29, 1.82) is 0 Å². The molecule has 160 valence electrons. The number of ketones is 1. The molecule has 8 heteroatoms. The first-order valence-electron chi connectivity index (χ1n) is 8.47. The fourth-order valence-corrected chi connectivity index (χ4v) is 0.415. The quantitative estimate of drug-likeness (QED) is 0.314. The third-order valence-electron chi connectivity index (χ3n) is 0.699. The Kier molecular flexibility index (Phi) is 50.3. The number of rotatable bonds is 3. The molecule has 0 aliphatic rings. The van der Waals surface area contributed by atoms with Crippen LogP contribution in [0.4, 0.5) is 0 Å². The summed E-state index contributed by atoms with van der Waals surface area (Å²) in [5.74, 6) is -0.599. The minimum absolute atomic E-state index is 0. The molecule has 0 aliphatic carbocycles. The molecule has 0 aliphatic heterocycles. The Morgan fingerprint density at radius 3 is 1.04 bits per heavy atom. The van der Waals surface area contributed by atoms with Gasteiger partial charge in [-0.2, -0.15) is 0 Å². The summed E-state index contributed by atoms with van der Waals surface area (Å²) in [7, 11) is 0. The number of carbonyl (C=O) groups is 2. The molecule has 0 heterocycles. The summed E-state index contributed by atoms with van der Waals surface area (Å²) in [5.41, 5.74) is 0. The first-order valence-corrected chi connectivity index (χ1v) is 8.47. The Morgan fingerprint density at radius 1 is 0.731 bits per heavy atom. The van der Waals surface area contributed by atoms with Crippen LogP contribution in [-0.2, 0) is 36.0 Å². The fraction of sp³-hybridized carbons (Fsp3) is 0.889. The SMILES string of the molecule is CC(C)O.CC(C)O.CC(C)O.CC(C)O.CCOC(=O)CC(C)=O.[Ti]. The van der Waals surface area contributed by atoms with Crippen LogP contribution in [0.3, 0.4) is 0 Å². The van der Waals surface area contributed by atoms with Crippen LogP contribution < -0.4 is 0 Å². The molecule has 7 nitrogen and oxygen atoms in total. The third-order valence-corrected chi connectivity index (χ3v) is 0.699. The van der Waals surface area contributed by atoms with Crippen LogP contribution in [0.2, 0.25) is 0 Å². The Morgan fingerprint density at radius 2 is 0.923 bits per heavy atom. The summed E-state index contributed by atoms with van der Waals surface area (Å²) < 4.78 is 4.49. The summed E-state index contributed by atoms with van der Waals surface area (Å²) in [4.78, 5) is 20.6. The molecule has 0 bridgehead atoms. The Hall–Kier alpha value is -0.306. The Labute approximate surface area is 175 Å². The van der Waals surface area contributed by atoms with Gasteiger partial charge in [0.25, 0.3) is 0 Å². The average molecular weight is 418 g/mol. The van der Waals surface area contributed by atoms with Gasteiger partial charge in [0.05, 0.1) is 6.61 Å². The van der Waals surface area contributed by atoms with Crippen molar-refractivity contribution in [2.24, 2.45) is 0 Å². The molecule has 0 amide bonds. The molecular formula is C18H42O7Ti. The molecule has 0 saturated carbocycles. The number of Topliss-reactive ketones (excluding diaryl/α,β-unsaturated/α-hetero) is 1. The maximum atomic E-state index is 10.4. The molecule has 0 aromatic rings. The predicted molar refractivity (Wildman–Crippen MR) is 101 cm³/mol. The number of aliphatic hydroxyl groups excluding tert-OH is 4. The second-order valence-electron chi connectivity index (χ2n) is 6.06. The van der Waals surface area contributed by atoms with E-state index in [1.165, 1.54) is 6.92 Å². The molecule has 26 heavy (non-hydrogen) atoms. The minimum atomic E-state index is -0.440. The van der Waals surface area contributed by atoms with Gasteiger partial charge in [-0.15, -0.1) is 0 Å². The van der Waals surface area contributed by atoms with E-state index in [1.54, 1.807) is 62.3 Å². The molecule has 0 fully saturated rings. The van der Waals surface area contributed by atoms with Crippen LogP contribution in [0.15, 0.2) is 0 Å². The van der Waals surface area contributed by atoms with Crippen molar-refractivity contribution in [2.75, 3.05) is 6.61 Å². The van der Waals surface area contributed by atoms with Crippen LogP contribution in [0.5, 0.6) is 0 Å². The number of esters is 1. The van der Waals surface area contributed by atoms with E-state index < -0.39 is 5.97 Å². The minimum Gasteiger partial charge on any atom is -0.466 e. The van der Waals surface area contributed by atoms with Gasteiger partial charge >= 0.3 is 5.97 Å². The first kappa shape index (κ1) is 40.4. The molecule has 0 aromatic carbocycles. The predicted octanol–water partition coefficient (Wildman–Crippen LogP) is 2.07. The standard InChI is InChI=1S/C6H10O3.4C3H8O.Ti/c1-3-9-6(8)4-5(2)7;4*1-3(2)4;/h3-4H2,1-2H3;4*3-4H,1-2H3;. The molecule has 0 saturated heterocycles. The van der Waals surface area contributed by atoms with Crippen LogP contribution in [0.25, 0.3) is 0 Å². The Bertz CT molecular complexity index is 233. The van der Waals surface area contributed by atoms with Gasteiger partial charge < -0.3 is 25.2 Å². The van der Waals surface area contributed by atoms with Crippen molar-refractivity contribution in [3.05, 3.63) is 0 Å². The van der Waals surface area contributed by atoms with Gasteiger partial charge in [0, 0.05) is 46.1 Å². The molecule has 0 unspecified atom stereocenters. The molecule has 0 spiro atoms. The van der Waals surface area contributed by atoms with Crippen molar-refractivity contribution < 1.29 is 56.5 Å². The summed E-state index contributed by atoms with van der Waals surface area (Å²) in [6.07, 6.45) is -0.770. The number of carbonyl (C=O) groups excluding carboxylic acids is 2. The van der Waals surface area contributed by atoms with Gasteiger partial charge in [0.15, 0.2) is 0 Å². The van der Waals surface area contributed by atoms with Crippen LogP contribution in [0.1, 0.15) is 75.7 Å². The number of hydrogen-bond donors (Lipinski definition) is 4. The largest absolute Gasteiger partial charge is 0.466 e. The zero-order valence-electron chi connectivity index (χ0n) is 18.2. The van der Waals surface area contributed by atoms with Crippen molar-refractivity contribution >= 4 is 11.8 Å². The van der Waals surface area contributed by atoms with Crippen LogP contribution in [-0.4, -0.2) is 63.2 Å². The van der Waals surface area contributed by atoms with Crippen molar-refractivity contribution in [2.45, 2.75) is 100 Å². The monoisotopic (exact) mass is 418 g/mol. The summed E-state index contributed by atoms with van der Waals surface area (Å²) >= 11 is 0. The normalized spacial score (nSPS) is 8.54. The van der Waals surface area contributed by atoms with Gasteiger partial charge in [0.2, 0.25) is 0 Å². The zero-order valence-corrected chi connectivity index (χ0v) is 19.8. The van der Waals surface area contributed by atoms with Gasteiger partial charge in [-0.05, 0) is 69.2 Å². The van der Waals surface area contributed by atoms with E-state index >= 15 is 0 Å². The topological polar surface area (TPSA) is 124 Å². The van der Waals surface area contributed by atoms with E-state index in [1.807, 2.05) is 0 Å². The second-order valence-corrected chi connectivity index (χ2v) is 6.06. The number of aliphatic hydroxyl groups is 4. The van der Waals surface area contributed by atoms with Crippen LogP contribution in [0, 0.1) is 0 Å². The van der Waals surface area contributed by atoms with Gasteiger partial charge in [-0.3, -0.25) is 9.59 Å². The van der Waals surface area contributed by atoms with Crippen molar-refractivity contribution in [1.82, 2.24) is 0 Å². The van der Waals surface area contributed by atoms with E-state index in [0.717, 1.165) is 0 Å². The van der Waals surface area contributed by atoms with Gasteiger partial charge in [0.1, 0.15) is 12.2 Å². The first-order chi connectivity index (χ1) is 11.1. The van der Waals surface area contributed by atoms with Gasteiger partial charge in [-0.25, -0.2) is 0 Å². The van der Waals surface area contributed by atoms with Crippen LogP contribution >= 0.6 is 0 Å². The average Bonchev–Trinajstić information content (AvgIpc) is 2.23. The Balaban J connectivity index is -0.0000000508. The summed E-state index contributed by atoms with van der Waals surface area (Å²) in [6, 6.07) is 0. The maximum absolute atomic E-state index is 10.4. The summed E-state index contributed by atoms with van der Waals surface area (Å²) in [6.45, 7) is 17.2. The van der Waals surface area contributed by atoms with E-state index in [0.29, 0.717) is 6.61 Å². The number of hydrogen-bond acceptors (Lipinski definition) is 7. The smallest absolute Gasteiger partial charge is 0.313 e. The molecule has 4 N–H and O–H groups in total.